The number of amides is 4. The Morgan fingerprint density at radius 2 is 1.51 bits per heavy atom. The van der Waals surface area contributed by atoms with Gasteiger partial charge in [0, 0.05) is 31.3 Å². The third-order valence-corrected chi connectivity index (χ3v) is 6.34. The van der Waals surface area contributed by atoms with Gasteiger partial charge in [-0.1, -0.05) is 57.2 Å². The van der Waals surface area contributed by atoms with E-state index in [1.165, 1.54) is 18.2 Å². The van der Waals surface area contributed by atoms with Crippen LogP contribution < -0.4 is 21.3 Å². The largest absolute Gasteiger partial charge is 0.359 e. The molecule has 41 heavy (non-hydrogen) atoms. The number of carbonyl (C=O) groups is 4. The highest BCUT2D eigenvalue weighted by atomic mass is 19.1. The van der Waals surface area contributed by atoms with Gasteiger partial charge in [-0.2, -0.15) is 0 Å². The Hall–Kier alpha value is -4.53. The molecule has 0 aliphatic heterocycles. The van der Waals surface area contributed by atoms with E-state index in [0.29, 0.717) is 36.1 Å². The molecule has 0 spiro atoms. The van der Waals surface area contributed by atoms with E-state index >= 15 is 0 Å². The molecular weight excluding hydrogens is 523 g/mol. The molecular formula is C32H37FN4O4. The van der Waals surface area contributed by atoms with Crippen LogP contribution in [-0.2, 0) is 22.6 Å². The molecule has 4 N–H and O–H groups in total. The van der Waals surface area contributed by atoms with Crippen LogP contribution in [0.5, 0.6) is 0 Å². The molecule has 4 amide bonds. The maximum absolute atomic E-state index is 14.7. The minimum atomic E-state index is -0.934. The second kappa shape index (κ2) is 14.2. The van der Waals surface area contributed by atoms with E-state index in [9.17, 15) is 23.6 Å². The summed E-state index contributed by atoms with van der Waals surface area (Å²) in [5.74, 6) is -2.24. The third-order valence-electron chi connectivity index (χ3n) is 6.34. The first-order valence-corrected chi connectivity index (χ1v) is 13.5. The maximum Gasteiger partial charge on any atom is 0.254 e. The second-order valence-electron chi connectivity index (χ2n) is 11.0. The summed E-state index contributed by atoms with van der Waals surface area (Å²) in [6.07, 6.45) is 1.24. The van der Waals surface area contributed by atoms with Crippen LogP contribution in [0.3, 0.4) is 0 Å². The van der Waals surface area contributed by atoms with Crippen molar-refractivity contribution in [2.24, 2.45) is 5.41 Å². The Morgan fingerprint density at radius 3 is 2.15 bits per heavy atom. The van der Waals surface area contributed by atoms with Crippen LogP contribution in [0.4, 0.5) is 10.1 Å². The van der Waals surface area contributed by atoms with E-state index in [0.717, 1.165) is 5.56 Å². The van der Waals surface area contributed by atoms with Crippen molar-refractivity contribution in [1.29, 1.82) is 0 Å². The average molecular weight is 561 g/mol. The lowest BCUT2D eigenvalue weighted by atomic mass is 9.87. The monoisotopic (exact) mass is 560 g/mol. The average Bonchev–Trinajstić information content (AvgIpc) is 2.95. The van der Waals surface area contributed by atoms with E-state index in [1.807, 2.05) is 39.0 Å². The van der Waals surface area contributed by atoms with Crippen LogP contribution in [0.1, 0.15) is 65.5 Å². The van der Waals surface area contributed by atoms with Crippen LogP contribution in [-0.4, -0.2) is 36.7 Å². The van der Waals surface area contributed by atoms with Crippen molar-refractivity contribution in [3.63, 3.8) is 0 Å². The lowest BCUT2D eigenvalue weighted by molar-refractivity contribution is -0.120. The zero-order chi connectivity index (χ0) is 30.0. The fourth-order valence-corrected chi connectivity index (χ4v) is 4.15. The first-order valence-electron chi connectivity index (χ1n) is 13.5. The smallest absolute Gasteiger partial charge is 0.254 e. The Morgan fingerprint density at radius 1 is 0.854 bits per heavy atom. The normalized spacial score (nSPS) is 11.7. The molecule has 0 saturated heterocycles. The summed E-state index contributed by atoms with van der Waals surface area (Å²) in [5.41, 5.74) is 1.97. The zero-order valence-electron chi connectivity index (χ0n) is 23.8. The number of hydrogen-bond acceptors (Lipinski definition) is 4. The van der Waals surface area contributed by atoms with Gasteiger partial charge in [-0.15, -0.1) is 0 Å². The van der Waals surface area contributed by atoms with Crippen molar-refractivity contribution in [3.05, 3.63) is 101 Å². The SMILES string of the molecule is CNC(=O)CCc1ccc(NC(=O)[C@H](CC(C)(C)C)NC(=O)c2cc(CNC(=O)c3ccccc3)ccc2F)cc1. The molecule has 9 heteroatoms. The number of aryl methyl sites for hydroxylation is 1. The van der Waals surface area contributed by atoms with Crippen molar-refractivity contribution in [2.75, 3.05) is 12.4 Å². The van der Waals surface area contributed by atoms with Gasteiger partial charge >= 0.3 is 0 Å². The quantitative estimate of drug-likeness (QED) is 0.274. The summed E-state index contributed by atoms with van der Waals surface area (Å²) in [6, 6.07) is 18.9. The van der Waals surface area contributed by atoms with Gasteiger partial charge in [-0.3, -0.25) is 19.2 Å². The first-order chi connectivity index (χ1) is 19.4. The molecule has 0 bridgehead atoms. The van der Waals surface area contributed by atoms with E-state index in [4.69, 9.17) is 0 Å². The molecule has 0 fully saturated rings. The van der Waals surface area contributed by atoms with Gasteiger partial charge in [0.1, 0.15) is 11.9 Å². The Labute approximate surface area is 240 Å². The van der Waals surface area contributed by atoms with Crippen molar-refractivity contribution >= 4 is 29.3 Å². The molecule has 216 valence electrons. The molecule has 3 rings (SSSR count). The van der Waals surface area contributed by atoms with Gasteiger partial charge < -0.3 is 21.3 Å². The summed E-state index contributed by atoms with van der Waals surface area (Å²) in [4.78, 5) is 50.3. The summed E-state index contributed by atoms with van der Waals surface area (Å²) in [5, 5.41) is 10.9. The highest BCUT2D eigenvalue weighted by molar-refractivity contribution is 6.01. The van der Waals surface area contributed by atoms with Crippen molar-refractivity contribution in [3.8, 4) is 0 Å². The molecule has 0 radical (unpaired) electrons. The Kier molecular flexibility index (Phi) is 10.7. The number of carbonyl (C=O) groups excluding carboxylic acids is 4. The highest BCUT2D eigenvalue weighted by Gasteiger charge is 2.28. The van der Waals surface area contributed by atoms with Gasteiger partial charge in [0.05, 0.1) is 5.56 Å². The minimum absolute atomic E-state index is 0.0537. The molecule has 0 saturated carbocycles. The summed E-state index contributed by atoms with van der Waals surface area (Å²) >= 11 is 0. The highest BCUT2D eigenvalue weighted by Crippen LogP contribution is 2.23. The van der Waals surface area contributed by atoms with Crippen LogP contribution in [0.25, 0.3) is 0 Å². The number of benzene rings is 3. The molecule has 0 aromatic heterocycles. The Bertz CT molecular complexity index is 1370. The fraction of sp³-hybridized carbons (Fsp3) is 0.312. The minimum Gasteiger partial charge on any atom is -0.359 e. The van der Waals surface area contributed by atoms with Gasteiger partial charge in [0.2, 0.25) is 11.8 Å². The molecule has 0 unspecified atom stereocenters. The summed E-state index contributed by atoms with van der Waals surface area (Å²) in [6.45, 7) is 5.92. The topological polar surface area (TPSA) is 116 Å². The molecule has 0 heterocycles. The molecule has 3 aromatic carbocycles. The maximum atomic E-state index is 14.7. The van der Waals surface area contributed by atoms with E-state index < -0.39 is 23.7 Å². The van der Waals surface area contributed by atoms with Crippen molar-refractivity contribution in [1.82, 2.24) is 16.0 Å². The molecule has 3 aromatic rings. The van der Waals surface area contributed by atoms with Gasteiger partial charge in [-0.05, 0) is 65.8 Å². The van der Waals surface area contributed by atoms with Crippen molar-refractivity contribution in [2.45, 2.75) is 52.6 Å². The zero-order valence-corrected chi connectivity index (χ0v) is 23.8. The van der Waals surface area contributed by atoms with Gasteiger partial charge in [0.25, 0.3) is 11.8 Å². The third kappa shape index (κ3) is 9.86. The Balaban J connectivity index is 1.68. The second-order valence-corrected chi connectivity index (χ2v) is 11.0. The molecule has 8 nitrogen and oxygen atoms in total. The van der Waals surface area contributed by atoms with Gasteiger partial charge in [0.15, 0.2) is 0 Å². The molecule has 1 atom stereocenters. The number of nitrogens with one attached hydrogen (secondary N) is 4. The molecule has 0 aliphatic carbocycles. The summed E-state index contributed by atoms with van der Waals surface area (Å²) < 4.78 is 14.7. The lowest BCUT2D eigenvalue weighted by Gasteiger charge is -2.26. The number of anilines is 1. The lowest BCUT2D eigenvalue weighted by Crippen LogP contribution is -2.46. The fourth-order valence-electron chi connectivity index (χ4n) is 4.15. The van der Waals surface area contributed by atoms with Crippen LogP contribution in [0.15, 0.2) is 72.8 Å². The van der Waals surface area contributed by atoms with Crippen LogP contribution >= 0.6 is 0 Å². The number of hydrogen-bond donors (Lipinski definition) is 4. The van der Waals surface area contributed by atoms with Crippen LogP contribution in [0.2, 0.25) is 0 Å². The van der Waals surface area contributed by atoms with E-state index in [1.54, 1.807) is 43.4 Å². The predicted octanol–water partition coefficient (Wildman–Crippen LogP) is 4.61. The van der Waals surface area contributed by atoms with E-state index in [2.05, 4.69) is 21.3 Å². The van der Waals surface area contributed by atoms with Gasteiger partial charge in [-0.25, -0.2) is 4.39 Å². The summed E-state index contributed by atoms with van der Waals surface area (Å²) in [7, 11) is 1.59. The van der Waals surface area contributed by atoms with Crippen molar-refractivity contribution < 1.29 is 23.6 Å². The first kappa shape index (κ1) is 31.0. The standard InChI is InChI=1S/C32H37FN4O4/c1-32(2,3)19-27(31(41)36-24-14-10-21(11-15-24)13-17-28(38)34-4)37-30(40)25-18-22(12-16-26(25)33)20-35-29(39)23-8-6-5-7-9-23/h5-12,14-16,18,27H,13,17,19-20H2,1-4H3,(H,34,38)(H,35,39)(H,36,41)(H,37,40)/t27-/m0/s1. The predicted molar refractivity (Wildman–Crippen MR) is 157 cm³/mol. The number of rotatable bonds is 11. The number of halogens is 1. The van der Waals surface area contributed by atoms with E-state index in [-0.39, 0.29) is 29.3 Å². The molecule has 0 aliphatic rings. The van der Waals surface area contributed by atoms with Crippen LogP contribution in [0, 0.1) is 11.2 Å².